The molecular weight excluding hydrogens is 108 g/mol. The van der Waals surface area contributed by atoms with Crippen molar-refractivity contribution in [3.63, 3.8) is 0 Å². The van der Waals surface area contributed by atoms with Crippen molar-refractivity contribution in [3.05, 3.63) is 0 Å². The molecule has 1 unspecified atom stereocenters. The number of carbonyl (C=O) groups excluding carboxylic acids is 1. The molecule has 4 nitrogen and oxygen atoms in total. The summed E-state index contributed by atoms with van der Waals surface area (Å²) in [6.45, 7) is 1.78. The summed E-state index contributed by atoms with van der Waals surface area (Å²) >= 11 is 0. The molecule has 0 fully saturated rings. The third-order valence-corrected chi connectivity index (χ3v) is 0.572. The van der Waals surface area contributed by atoms with Crippen molar-refractivity contribution in [3.8, 4) is 0 Å². The summed E-state index contributed by atoms with van der Waals surface area (Å²) in [7, 11) is 0. The molecule has 0 radical (unpaired) electrons. The smallest absolute Gasteiger partial charge is 0.312 e. The molecule has 48 valence electrons. The third-order valence-electron chi connectivity index (χ3n) is 0.572. The van der Waals surface area contributed by atoms with Gasteiger partial charge in [0.2, 0.25) is 0 Å². The molecule has 0 heterocycles. The molecule has 4 heteroatoms. The molecule has 0 saturated heterocycles. The highest BCUT2D eigenvalue weighted by Crippen LogP contribution is 1.71. The third kappa shape index (κ3) is 5.23. The lowest BCUT2D eigenvalue weighted by Crippen LogP contribution is -2.34. The molecular formula is C4H10N2O2. The highest BCUT2D eigenvalue weighted by Gasteiger charge is 1.94. The highest BCUT2D eigenvalue weighted by molar-refractivity contribution is 5.71. The summed E-state index contributed by atoms with van der Waals surface area (Å²) in [5, 5.41) is 10.8. The standard InChI is InChI=1S/C4H10N2O2/c1-3(7)2-6-4(5)8/h3,7H,2H2,1H3,(H3,5,6,8). The Bertz CT molecular complexity index is 82.1. The normalized spacial score (nSPS) is 12.8. The molecule has 4 N–H and O–H groups in total. The van der Waals surface area contributed by atoms with Crippen LogP contribution >= 0.6 is 0 Å². The van der Waals surface area contributed by atoms with Gasteiger partial charge < -0.3 is 16.2 Å². The number of hydrogen-bond acceptors (Lipinski definition) is 2. The van der Waals surface area contributed by atoms with Gasteiger partial charge in [0.25, 0.3) is 0 Å². The average molecular weight is 118 g/mol. The molecule has 0 spiro atoms. The predicted molar refractivity (Wildman–Crippen MR) is 29.3 cm³/mol. The summed E-state index contributed by atoms with van der Waals surface area (Å²) < 4.78 is 0. The van der Waals surface area contributed by atoms with E-state index in [0.29, 0.717) is 0 Å². The van der Waals surface area contributed by atoms with Crippen LogP contribution in [0.1, 0.15) is 6.92 Å². The molecule has 1 atom stereocenters. The van der Waals surface area contributed by atoms with Crippen LogP contribution in [0.4, 0.5) is 4.79 Å². The second-order valence-electron chi connectivity index (χ2n) is 1.59. The minimum Gasteiger partial charge on any atom is -0.392 e. The molecule has 0 aromatic carbocycles. The molecule has 0 aromatic heterocycles. The van der Waals surface area contributed by atoms with Gasteiger partial charge in [-0.25, -0.2) is 4.79 Å². The van der Waals surface area contributed by atoms with Gasteiger partial charge in [0.1, 0.15) is 0 Å². The zero-order chi connectivity index (χ0) is 6.57. The number of nitrogens with one attached hydrogen (secondary N) is 1. The van der Waals surface area contributed by atoms with Crippen molar-refractivity contribution in [1.82, 2.24) is 5.32 Å². The molecule has 0 saturated carbocycles. The number of carbonyl (C=O) groups is 1. The van der Waals surface area contributed by atoms with Gasteiger partial charge in [0.05, 0.1) is 6.10 Å². The van der Waals surface area contributed by atoms with Crippen LogP contribution in [-0.2, 0) is 0 Å². The summed E-state index contributed by atoms with van der Waals surface area (Å²) in [6.07, 6.45) is -0.525. The zero-order valence-electron chi connectivity index (χ0n) is 4.72. The molecule has 0 aliphatic rings. The Kier molecular flexibility index (Phi) is 2.95. The highest BCUT2D eigenvalue weighted by atomic mass is 16.3. The van der Waals surface area contributed by atoms with Crippen molar-refractivity contribution in [1.29, 1.82) is 0 Å². The van der Waals surface area contributed by atoms with Crippen LogP contribution in [0, 0.1) is 0 Å². The first kappa shape index (κ1) is 7.23. The first-order chi connectivity index (χ1) is 3.63. The number of nitrogens with two attached hydrogens (primary N) is 1. The number of aliphatic hydroxyl groups is 1. The molecule has 8 heavy (non-hydrogen) atoms. The fourth-order valence-corrected chi connectivity index (χ4v) is 0.248. The first-order valence-corrected chi connectivity index (χ1v) is 2.34. The lowest BCUT2D eigenvalue weighted by Gasteiger charge is -2.01. The summed E-state index contributed by atoms with van der Waals surface area (Å²) in [6, 6.07) is -0.606. The van der Waals surface area contributed by atoms with Gasteiger partial charge >= 0.3 is 6.03 Å². The number of rotatable bonds is 2. The Morgan fingerprint density at radius 3 is 2.62 bits per heavy atom. The maximum atomic E-state index is 9.90. The minimum atomic E-state index is -0.606. The average Bonchev–Trinajstić information content (AvgIpc) is 1.61. The Morgan fingerprint density at radius 1 is 2.00 bits per heavy atom. The number of hydrogen-bond donors (Lipinski definition) is 3. The van der Waals surface area contributed by atoms with Crippen LogP contribution in [0.3, 0.4) is 0 Å². The van der Waals surface area contributed by atoms with E-state index < -0.39 is 12.1 Å². The van der Waals surface area contributed by atoms with Gasteiger partial charge in [-0.05, 0) is 6.92 Å². The van der Waals surface area contributed by atoms with E-state index in [0.717, 1.165) is 0 Å². The Balaban J connectivity index is 3.05. The van der Waals surface area contributed by atoms with Crippen LogP contribution in [0.2, 0.25) is 0 Å². The van der Waals surface area contributed by atoms with Crippen LogP contribution in [-0.4, -0.2) is 23.8 Å². The van der Waals surface area contributed by atoms with E-state index in [9.17, 15) is 4.79 Å². The maximum Gasteiger partial charge on any atom is 0.312 e. The van der Waals surface area contributed by atoms with Gasteiger partial charge in [-0.3, -0.25) is 0 Å². The van der Waals surface area contributed by atoms with Crippen LogP contribution in [0.25, 0.3) is 0 Å². The van der Waals surface area contributed by atoms with E-state index in [1.807, 2.05) is 0 Å². The fraction of sp³-hybridized carbons (Fsp3) is 0.750. The van der Waals surface area contributed by atoms with E-state index in [1.165, 1.54) is 0 Å². The van der Waals surface area contributed by atoms with E-state index in [2.05, 4.69) is 11.1 Å². The van der Waals surface area contributed by atoms with E-state index >= 15 is 0 Å². The van der Waals surface area contributed by atoms with Crippen molar-refractivity contribution < 1.29 is 9.90 Å². The number of amides is 2. The van der Waals surface area contributed by atoms with Gasteiger partial charge in [-0.1, -0.05) is 0 Å². The second-order valence-corrected chi connectivity index (χ2v) is 1.59. The van der Waals surface area contributed by atoms with Gasteiger partial charge in [0, 0.05) is 6.54 Å². The van der Waals surface area contributed by atoms with Gasteiger partial charge in [0.15, 0.2) is 0 Å². The molecule has 0 rings (SSSR count). The Labute approximate surface area is 47.7 Å². The van der Waals surface area contributed by atoms with Crippen molar-refractivity contribution in [2.45, 2.75) is 13.0 Å². The van der Waals surface area contributed by atoms with Crippen LogP contribution < -0.4 is 11.1 Å². The Hall–Kier alpha value is -0.770. The van der Waals surface area contributed by atoms with Crippen molar-refractivity contribution >= 4 is 6.03 Å². The monoisotopic (exact) mass is 118 g/mol. The van der Waals surface area contributed by atoms with Gasteiger partial charge in [-0.2, -0.15) is 0 Å². The lowest BCUT2D eigenvalue weighted by molar-refractivity contribution is 0.189. The van der Waals surface area contributed by atoms with Crippen molar-refractivity contribution in [2.75, 3.05) is 6.54 Å². The first-order valence-electron chi connectivity index (χ1n) is 2.34. The maximum absolute atomic E-state index is 9.90. The van der Waals surface area contributed by atoms with E-state index in [-0.39, 0.29) is 6.54 Å². The summed E-state index contributed by atoms with van der Waals surface area (Å²) in [5.41, 5.74) is 4.68. The molecule has 0 aliphatic heterocycles. The SMILES string of the molecule is CC(O)CNC(N)=O. The largest absolute Gasteiger partial charge is 0.392 e. The Morgan fingerprint density at radius 2 is 2.50 bits per heavy atom. The van der Waals surface area contributed by atoms with E-state index in [4.69, 9.17) is 5.11 Å². The minimum absolute atomic E-state index is 0.218. The molecule has 0 aromatic rings. The van der Waals surface area contributed by atoms with Crippen molar-refractivity contribution in [2.24, 2.45) is 5.73 Å². The molecule has 2 amide bonds. The molecule has 0 bridgehead atoms. The fourth-order valence-electron chi connectivity index (χ4n) is 0.248. The topological polar surface area (TPSA) is 75.3 Å². The second kappa shape index (κ2) is 3.26. The van der Waals surface area contributed by atoms with E-state index in [1.54, 1.807) is 6.92 Å². The summed E-state index contributed by atoms with van der Waals surface area (Å²) in [5.74, 6) is 0. The summed E-state index contributed by atoms with van der Waals surface area (Å²) in [4.78, 5) is 9.90. The number of urea groups is 1. The quantitative estimate of drug-likeness (QED) is 0.436. The lowest BCUT2D eigenvalue weighted by atomic mass is 10.4. The van der Waals surface area contributed by atoms with Crippen LogP contribution in [0.5, 0.6) is 0 Å². The predicted octanol–water partition coefficient (Wildman–Crippen LogP) is -0.965. The number of aliphatic hydroxyl groups excluding tert-OH is 1. The van der Waals surface area contributed by atoms with Gasteiger partial charge in [-0.15, -0.1) is 0 Å². The number of primary amides is 1. The molecule has 0 aliphatic carbocycles. The van der Waals surface area contributed by atoms with Crippen LogP contribution in [0.15, 0.2) is 0 Å². The zero-order valence-corrected chi connectivity index (χ0v) is 4.72.